The van der Waals surface area contributed by atoms with Gasteiger partial charge in [0.05, 0.1) is 18.5 Å². The number of ether oxygens (including phenoxy) is 1. The zero-order valence-electron chi connectivity index (χ0n) is 11.3. The molecule has 0 amide bonds. The van der Waals surface area contributed by atoms with Gasteiger partial charge in [-0.25, -0.2) is 9.78 Å². The van der Waals surface area contributed by atoms with E-state index in [0.29, 0.717) is 10.8 Å². The molecule has 2 aromatic heterocycles. The Morgan fingerprint density at radius 3 is 2.63 bits per heavy atom. The number of rotatable bonds is 3. The lowest BCUT2D eigenvalue weighted by molar-refractivity contribution is 0.0594. The summed E-state index contributed by atoms with van der Waals surface area (Å²) in [6.45, 7) is 5.71. The molecular weight excluding hydrogens is 262 g/mol. The van der Waals surface area contributed by atoms with Gasteiger partial charge in [0, 0.05) is 10.6 Å². The predicted molar refractivity (Wildman–Crippen MR) is 75.2 cm³/mol. The summed E-state index contributed by atoms with van der Waals surface area (Å²) in [5.41, 5.74) is 3.10. The van der Waals surface area contributed by atoms with Crippen molar-refractivity contribution >= 4 is 28.1 Å². The van der Waals surface area contributed by atoms with Crippen molar-refractivity contribution in [3.05, 3.63) is 34.1 Å². The third-order valence-electron chi connectivity index (χ3n) is 2.64. The Bertz CT molecular complexity index is 622. The molecule has 1 N–H and O–H groups in total. The van der Waals surface area contributed by atoms with Crippen molar-refractivity contribution in [3.8, 4) is 0 Å². The highest BCUT2D eigenvalue weighted by atomic mass is 32.1. The van der Waals surface area contributed by atoms with Crippen LogP contribution in [0.4, 0.5) is 10.8 Å². The number of carbonyl (C=O) groups excluding carboxylic acids is 1. The Morgan fingerprint density at radius 1 is 1.26 bits per heavy atom. The molecule has 0 bridgehead atoms. The van der Waals surface area contributed by atoms with E-state index in [4.69, 9.17) is 0 Å². The largest absolute Gasteiger partial charge is 0.464 e. The third kappa shape index (κ3) is 2.90. The number of hydrogen-bond acceptors (Lipinski definition) is 6. The zero-order chi connectivity index (χ0) is 14.0. The summed E-state index contributed by atoms with van der Waals surface area (Å²) in [5, 5.41) is 3.84. The van der Waals surface area contributed by atoms with Crippen molar-refractivity contribution in [2.75, 3.05) is 12.4 Å². The Kier molecular flexibility index (Phi) is 3.80. The van der Waals surface area contributed by atoms with E-state index in [0.717, 1.165) is 22.0 Å². The molecule has 19 heavy (non-hydrogen) atoms. The van der Waals surface area contributed by atoms with Gasteiger partial charge in [-0.2, -0.15) is 0 Å². The highest BCUT2D eigenvalue weighted by molar-refractivity contribution is 7.15. The number of methoxy groups -OCH3 is 1. The number of esters is 1. The van der Waals surface area contributed by atoms with Gasteiger partial charge in [0.25, 0.3) is 0 Å². The van der Waals surface area contributed by atoms with Crippen molar-refractivity contribution in [1.29, 1.82) is 0 Å². The minimum Gasteiger partial charge on any atom is -0.464 e. The topological polar surface area (TPSA) is 64.1 Å². The second-order valence-electron chi connectivity index (χ2n) is 4.13. The molecule has 0 aliphatic heterocycles. The lowest BCUT2D eigenvalue weighted by Gasteiger charge is -2.06. The maximum atomic E-state index is 11.5. The van der Waals surface area contributed by atoms with E-state index >= 15 is 0 Å². The first kappa shape index (κ1) is 13.5. The fourth-order valence-corrected chi connectivity index (χ4v) is 2.48. The van der Waals surface area contributed by atoms with Gasteiger partial charge in [0.2, 0.25) is 0 Å². The number of carbonyl (C=O) groups is 1. The number of pyridine rings is 1. The van der Waals surface area contributed by atoms with Crippen LogP contribution in [0.1, 0.15) is 26.8 Å². The van der Waals surface area contributed by atoms with Crippen molar-refractivity contribution in [3.63, 3.8) is 0 Å². The van der Waals surface area contributed by atoms with Crippen LogP contribution >= 0.6 is 11.3 Å². The van der Waals surface area contributed by atoms with Crippen molar-refractivity contribution in [1.82, 2.24) is 9.97 Å². The summed E-state index contributed by atoms with van der Waals surface area (Å²) in [4.78, 5) is 20.9. The Morgan fingerprint density at radius 2 is 2.00 bits per heavy atom. The second-order valence-corrected chi connectivity index (χ2v) is 5.33. The summed E-state index contributed by atoms with van der Waals surface area (Å²) < 4.78 is 4.69. The quantitative estimate of drug-likeness (QED) is 0.874. The van der Waals surface area contributed by atoms with Crippen LogP contribution in [0.3, 0.4) is 0 Å². The van der Waals surface area contributed by atoms with Crippen LogP contribution in [-0.4, -0.2) is 23.0 Å². The molecule has 0 aliphatic rings. The molecule has 2 rings (SSSR count). The van der Waals surface area contributed by atoms with E-state index in [-0.39, 0.29) is 0 Å². The molecule has 0 saturated heterocycles. The van der Waals surface area contributed by atoms with Gasteiger partial charge in [-0.05, 0) is 32.9 Å². The van der Waals surface area contributed by atoms with E-state index in [9.17, 15) is 4.79 Å². The van der Waals surface area contributed by atoms with Gasteiger partial charge in [-0.1, -0.05) is 0 Å². The Hall–Kier alpha value is -1.95. The average molecular weight is 277 g/mol. The highest BCUT2D eigenvalue weighted by Gasteiger charge is 2.16. The highest BCUT2D eigenvalue weighted by Crippen LogP contribution is 2.26. The fraction of sp³-hybridized carbons (Fsp3) is 0.308. The van der Waals surface area contributed by atoms with Crippen LogP contribution < -0.4 is 5.32 Å². The van der Waals surface area contributed by atoms with Gasteiger partial charge < -0.3 is 10.1 Å². The van der Waals surface area contributed by atoms with Crippen LogP contribution in [0.5, 0.6) is 0 Å². The summed E-state index contributed by atoms with van der Waals surface area (Å²) >= 11 is 1.41. The monoisotopic (exact) mass is 277 g/mol. The smallest absolute Gasteiger partial charge is 0.357 e. The molecule has 6 heteroatoms. The minimum atomic E-state index is -0.416. The molecule has 0 saturated carbocycles. The van der Waals surface area contributed by atoms with Crippen LogP contribution in [0.15, 0.2) is 12.1 Å². The maximum Gasteiger partial charge on any atom is 0.357 e. The first-order valence-electron chi connectivity index (χ1n) is 5.78. The van der Waals surface area contributed by atoms with E-state index < -0.39 is 5.97 Å². The molecule has 2 heterocycles. The van der Waals surface area contributed by atoms with Gasteiger partial charge in [0.1, 0.15) is 0 Å². The van der Waals surface area contributed by atoms with E-state index in [1.807, 2.05) is 32.9 Å². The Labute approximate surface area is 115 Å². The maximum absolute atomic E-state index is 11.5. The first-order valence-corrected chi connectivity index (χ1v) is 6.60. The van der Waals surface area contributed by atoms with Gasteiger partial charge >= 0.3 is 5.97 Å². The lowest BCUT2D eigenvalue weighted by atomic mass is 10.3. The summed E-state index contributed by atoms with van der Waals surface area (Å²) in [5.74, 6) is -0.416. The molecule has 0 atom stereocenters. The van der Waals surface area contributed by atoms with Crippen molar-refractivity contribution in [2.45, 2.75) is 20.8 Å². The Balaban J connectivity index is 2.26. The molecule has 0 radical (unpaired) electrons. The van der Waals surface area contributed by atoms with Gasteiger partial charge in [-0.3, -0.25) is 4.98 Å². The van der Waals surface area contributed by atoms with Crippen LogP contribution in [-0.2, 0) is 4.74 Å². The number of anilines is 2. The molecule has 2 aromatic rings. The lowest BCUT2D eigenvalue weighted by Crippen LogP contribution is -2.03. The SMILES string of the molecule is COC(=O)c1nc(Nc2ccc(C)nc2C)sc1C. The molecule has 0 fully saturated rings. The van der Waals surface area contributed by atoms with E-state index in [2.05, 4.69) is 20.0 Å². The zero-order valence-corrected chi connectivity index (χ0v) is 12.1. The van der Waals surface area contributed by atoms with E-state index in [1.54, 1.807) is 0 Å². The van der Waals surface area contributed by atoms with Crippen LogP contribution in [0.2, 0.25) is 0 Å². The molecule has 100 valence electrons. The van der Waals surface area contributed by atoms with Gasteiger partial charge in [0.15, 0.2) is 10.8 Å². The third-order valence-corrected chi connectivity index (χ3v) is 3.53. The number of thiazole rings is 1. The van der Waals surface area contributed by atoms with Crippen LogP contribution in [0, 0.1) is 20.8 Å². The number of aryl methyl sites for hydroxylation is 3. The molecular formula is C13H15N3O2S. The summed E-state index contributed by atoms with van der Waals surface area (Å²) in [7, 11) is 1.35. The number of nitrogens with one attached hydrogen (secondary N) is 1. The number of aromatic nitrogens is 2. The fourth-order valence-electron chi connectivity index (χ4n) is 1.67. The van der Waals surface area contributed by atoms with Crippen molar-refractivity contribution in [2.24, 2.45) is 0 Å². The predicted octanol–water partition coefficient (Wildman–Crippen LogP) is 2.99. The molecule has 0 unspecified atom stereocenters. The second kappa shape index (κ2) is 5.36. The molecule has 0 aromatic carbocycles. The van der Waals surface area contributed by atoms with Gasteiger partial charge in [-0.15, -0.1) is 11.3 Å². The van der Waals surface area contributed by atoms with Crippen LogP contribution in [0.25, 0.3) is 0 Å². The van der Waals surface area contributed by atoms with E-state index in [1.165, 1.54) is 18.4 Å². The number of hydrogen-bond donors (Lipinski definition) is 1. The number of nitrogens with zero attached hydrogens (tertiary/aromatic N) is 2. The standard InChI is InChI=1S/C13H15N3O2S/c1-7-5-6-10(8(2)14-7)15-13-16-11(9(3)19-13)12(17)18-4/h5-6H,1-4H3,(H,15,16). The minimum absolute atomic E-state index is 0.354. The molecule has 5 nitrogen and oxygen atoms in total. The van der Waals surface area contributed by atoms with Crippen molar-refractivity contribution < 1.29 is 9.53 Å². The molecule has 0 spiro atoms. The first-order chi connectivity index (χ1) is 9.01. The normalized spacial score (nSPS) is 10.3. The summed E-state index contributed by atoms with van der Waals surface area (Å²) in [6, 6.07) is 3.88. The molecule has 0 aliphatic carbocycles. The summed E-state index contributed by atoms with van der Waals surface area (Å²) in [6.07, 6.45) is 0. The average Bonchev–Trinajstić information content (AvgIpc) is 2.73.